The van der Waals surface area contributed by atoms with Crippen LogP contribution in [-0.4, -0.2) is 11.1 Å². The average molecular weight is 281 g/mol. The molecule has 16 heavy (non-hydrogen) atoms. The average Bonchev–Trinajstić information content (AvgIpc) is 2.64. The summed E-state index contributed by atoms with van der Waals surface area (Å²) in [4.78, 5) is 11.8. The lowest BCUT2D eigenvalue weighted by Crippen LogP contribution is -2.12. The molecule has 5 heteroatoms. The van der Waals surface area contributed by atoms with Gasteiger partial charge in [-0.3, -0.25) is 4.79 Å². The van der Waals surface area contributed by atoms with Crippen molar-refractivity contribution in [2.45, 2.75) is 6.92 Å². The maximum Gasteiger partial charge on any atom is 0.258 e. The highest BCUT2D eigenvalue weighted by Gasteiger charge is 2.11. The standard InChI is InChI=1S/C11H9BrN2O2/c1-7-6-10(14-16-7)13-11(15)8-4-2-3-5-9(8)12/h2-6H,1H3,(H,13,14,15). The number of aryl methyl sites for hydroxylation is 1. The second kappa shape index (κ2) is 4.49. The molecule has 2 aromatic rings. The zero-order chi connectivity index (χ0) is 11.5. The number of benzene rings is 1. The van der Waals surface area contributed by atoms with Crippen molar-refractivity contribution in [2.75, 3.05) is 5.32 Å². The summed E-state index contributed by atoms with van der Waals surface area (Å²) >= 11 is 3.31. The first-order chi connectivity index (χ1) is 7.66. The lowest BCUT2D eigenvalue weighted by molar-refractivity contribution is 0.102. The van der Waals surface area contributed by atoms with Crippen molar-refractivity contribution in [2.24, 2.45) is 0 Å². The van der Waals surface area contributed by atoms with Gasteiger partial charge in [-0.15, -0.1) is 0 Å². The minimum atomic E-state index is -0.222. The number of hydrogen-bond acceptors (Lipinski definition) is 3. The third kappa shape index (κ3) is 2.30. The Kier molecular flexibility index (Phi) is 3.05. The van der Waals surface area contributed by atoms with E-state index in [0.717, 1.165) is 4.47 Å². The molecule has 0 unspecified atom stereocenters. The van der Waals surface area contributed by atoms with Crippen LogP contribution in [0.4, 0.5) is 5.82 Å². The second-order valence-electron chi connectivity index (χ2n) is 3.26. The first kappa shape index (κ1) is 10.9. The Morgan fingerprint density at radius 1 is 1.44 bits per heavy atom. The predicted octanol–water partition coefficient (Wildman–Crippen LogP) is 3.00. The molecule has 1 heterocycles. The van der Waals surface area contributed by atoms with Crippen molar-refractivity contribution in [1.29, 1.82) is 0 Å². The lowest BCUT2D eigenvalue weighted by Gasteiger charge is -2.02. The number of aromatic nitrogens is 1. The second-order valence-corrected chi connectivity index (χ2v) is 4.11. The first-order valence-corrected chi connectivity index (χ1v) is 5.45. The largest absolute Gasteiger partial charge is 0.360 e. The number of nitrogens with one attached hydrogen (secondary N) is 1. The Bertz CT molecular complexity index is 522. The number of carbonyl (C=O) groups excluding carboxylic acids is 1. The van der Waals surface area contributed by atoms with Gasteiger partial charge in [0.25, 0.3) is 5.91 Å². The van der Waals surface area contributed by atoms with E-state index in [9.17, 15) is 4.79 Å². The normalized spacial score (nSPS) is 10.1. The maximum absolute atomic E-state index is 11.8. The van der Waals surface area contributed by atoms with Gasteiger partial charge in [0.05, 0.1) is 5.56 Å². The number of carbonyl (C=O) groups is 1. The van der Waals surface area contributed by atoms with Gasteiger partial charge in [0, 0.05) is 10.5 Å². The van der Waals surface area contributed by atoms with Gasteiger partial charge in [-0.2, -0.15) is 0 Å². The van der Waals surface area contributed by atoms with Crippen LogP contribution >= 0.6 is 15.9 Å². The molecule has 4 nitrogen and oxygen atoms in total. The summed E-state index contributed by atoms with van der Waals surface area (Å²) in [6.45, 7) is 1.76. The van der Waals surface area contributed by atoms with Crippen molar-refractivity contribution >= 4 is 27.7 Å². The van der Waals surface area contributed by atoms with E-state index in [4.69, 9.17) is 4.52 Å². The zero-order valence-corrected chi connectivity index (χ0v) is 10.1. The van der Waals surface area contributed by atoms with E-state index >= 15 is 0 Å². The van der Waals surface area contributed by atoms with Gasteiger partial charge >= 0.3 is 0 Å². The van der Waals surface area contributed by atoms with Crippen LogP contribution in [0.2, 0.25) is 0 Å². The summed E-state index contributed by atoms with van der Waals surface area (Å²) in [5, 5.41) is 6.33. The SMILES string of the molecule is Cc1cc(NC(=O)c2ccccc2Br)no1. The van der Waals surface area contributed by atoms with E-state index in [1.54, 1.807) is 25.1 Å². The summed E-state index contributed by atoms with van der Waals surface area (Å²) in [5.74, 6) is 0.849. The first-order valence-electron chi connectivity index (χ1n) is 4.66. The molecule has 0 saturated heterocycles. The van der Waals surface area contributed by atoms with Gasteiger partial charge in [0.1, 0.15) is 5.76 Å². The molecule has 0 aliphatic rings. The molecule has 0 spiro atoms. The van der Waals surface area contributed by atoms with Crippen molar-refractivity contribution in [3.8, 4) is 0 Å². The van der Waals surface area contributed by atoms with Gasteiger partial charge in [-0.05, 0) is 35.0 Å². The molecule has 1 aromatic heterocycles. The quantitative estimate of drug-likeness (QED) is 0.920. The highest BCUT2D eigenvalue weighted by Crippen LogP contribution is 2.17. The van der Waals surface area contributed by atoms with Gasteiger partial charge < -0.3 is 9.84 Å². The van der Waals surface area contributed by atoms with Crippen LogP contribution < -0.4 is 5.32 Å². The van der Waals surface area contributed by atoms with E-state index in [1.807, 2.05) is 12.1 Å². The Morgan fingerprint density at radius 3 is 2.81 bits per heavy atom. The predicted molar refractivity (Wildman–Crippen MR) is 63.3 cm³/mol. The smallest absolute Gasteiger partial charge is 0.258 e. The van der Waals surface area contributed by atoms with E-state index in [0.29, 0.717) is 17.1 Å². The van der Waals surface area contributed by atoms with Crippen molar-refractivity contribution < 1.29 is 9.32 Å². The van der Waals surface area contributed by atoms with Crippen molar-refractivity contribution in [3.05, 3.63) is 46.1 Å². The number of rotatable bonds is 2. The molecule has 0 bridgehead atoms. The molecule has 1 aromatic carbocycles. The van der Waals surface area contributed by atoms with Gasteiger partial charge in [0.15, 0.2) is 5.82 Å². The van der Waals surface area contributed by atoms with Crippen molar-refractivity contribution in [1.82, 2.24) is 5.16 Å². The molecule has 0 aliphatic carbocycles. The van der Waals surface area contributed by atoms with Gasteiger partial charge in [0.2, 0.25) is 0 Å². The molecule has 1 amide bonds. The van der Waals surface area contributed by atoms with Crippen LogP contribution in [0.25, 0.3) is 0 Å². The number of halogens is 1. The van der Waals surface area contributed by atoms with E-state index in [1.165, 1.54) is 0 Å². The molecule has 0 fully saturated rings. The third-order valence-electron chi connectivity index (χ3n) is 1.99. The topological polar surface area (TPSA) is 55.1 Å². The summed E-state index contributed by atoms with van der Waals surface area (Å²) in [6, 6.07) is 8.85. The van der Waals surface area contributed by atoms with E-state index in [2.05, 4.69) is 26.4 Å². The highest BCUT2D eigenvalue weighted by molar-refractivity contribution is 9.10. The molecule has 0 saturated carbocycles. The minimum absolute atomic E-state index is 0.222. The third-order valence-corrected chi connectivity index (χ3v) is 2.68. The number of nitrogens with zero attached hydrogens (tertiary/aromatic N) is 1. The van der Waals surface area contributed by atoms with Gasteiger partial charge in [-0.1, -0.05) is 17.3 Å². The van der Waals surface area contributed by atoms with Crippen LogP contribution in [0.15, 0.2) is 39.3 Å². The molecule has 0 atom stereocenters. The summed E-state index contributed by atoms with van der Waals surface area (Å²) < 4.78 is 5.60. The number of hydrogen-bond donors (Lipinski definition) is 1. The van der Waals surface area contributed by atoms with Crippen molar-refractivity contribution in [3.63, 3.8) is 0 Å². The number of amides is 1. The zero-order valence-electron chi connectivity index (χ0n) is 8.53. The summed E-state index contributed by atoms with van der Waals surface area (Å²) in [7, 11) is 0. The minimum Gasteiger partial charge on any atom is -0.360 e. The lowest BCUT2D eigenvalue weighted by atomic mass is 10.2. The fourth-order valence-electron chi connectivity index (χ4n) is 1.25. The molecule has 1 N–H and O–H groups in total. The van der Waals surface area contributed by atoms with Crippen LogP contribution in [0.5, 0.6) is 0 Å². The Morgan fingerprint density at radius 2 is 2.19 bits per heavy atom. The fraction of sp³-hybridized carbons (Fsp3) is 0.0909. The van der Waals surface area contributed by atoms with Crippen LogP contribution in [0, 0.1) is 6.92 Å². The summed E-state index contributed by atoms with van der Waals surface area (Å²) in [5.41, 5.74) is 0.558. The molecular formula is C11H9BrN2O2. The fourth-order valence-corrected chi connectivity index (χ4v) is 1.72. The van der Waals surface area contributed by atoms with Gasteiger partial charge in [-0.25, -0.2) is 0 Å². The molecule has 0 radical (unpaired) electrons. The Labute approximate surface area is 101 Å². The maximum atomic E-state index is 11.8. The Balaban J connectivity index is 2.18. The monoisotopic (exact) mass is 280 g/mol. The molecule has 82 valence electrons. The summed E-state index contributed by atoms with van der Waals surface area (Å²) in [6.07, 6.45) is 0. The number of anilines is 1. The van der Waals surface area contributed by atoms with E-state index in [-0.39, 0.29) is 5.91 Å². The molecule has 2 rings (SSSR count). The highest BCUT2D eigenvalue weighted by atomic mass is 79.9. The Hall–Kier alpha value is -1.62. The van der Waals surface area contributed by atoms with Crippen LogP contribution in [0.1, 0.15) is 16.1 Å². The van der Waals surface area contributed by atoms with Crippen LogP contribution in [0.3, 0.4) is 0 Å². The van der Waals surface area contributed by atoms with E-state index < -0.39 is 0 Å². The molecule has 0 aliphatic heterocycles. The molecular weight excluding hydrogens is 272 g/mol. The van der Waals surface area contributed by atoms with Crippen LogP contribution in [-0.2, 0) is 0 Å².